The number of carbonyl (C=O) groups excluding carboxylic acids is 1. The maximum absolute atomic E-state index is 12.6. The monoisotopic (exact) mass is 404 g/mol. The van der Waals surface area contributed by atoms with Gasteiger partial charge in [0.15, 0.2) is 6.61 Å². The fourth-order valence-corrected chi connectivity index (χ4v) is 3.44. The number of aromatic nitrogens is 3. The van der Waals surface area contributed by atoms with Crippen LogP contribution in [0.4, 0.5) is 13.2 Å². The van der Waals surface area contributed by atoms with Crippen molar-refractivity contribution in [1.29, 1.82) is 0 Å². The zero-order valence-corrected chi connectivity index (χ0v) is 15.5. The van der Waals surface area contributed by atoms with Crippen LogP contribution in [0.25, 0.3) is 10.9 Å². The van der Waals surface area contributed by atoms with Gasteiger partial charge in [-0.3, -0.25) is 9.78 Å². The van der Waals surface area contributed by atoms with E-state index in [0.717, 1.165) is 29.1 Å². The molecular weight excluding hydrogens is 385 g/mol. The first kappa shape index (κ1) is 19.2. The maximum Gasteiger partial charge on any atom is 0.422 e. The minimum absolute atomic E-state index is 0.0748. The molecule has 4 rings (SSSR count). The summed E-state index contributed by atoms with van der Waals surface area (Å²) in [5, 5.41) is 4.03. The van der Waals surface area contributed by atoms with E-state index in [1.165, 1.54) is 6.20 Å². The minimum atomic E-state index is -4.44. The number of rotatable bonds is 6. The van der Waals surface area contributed by atoms with Gasteiger partial charge in [-0.05, 0) is 37.0 Å². The van der Waals surface area contributed by atoms with Crippen LogP contribution in [0.1, 0.15) is 36.6 Å². The third-order valence-corrected chi connectivity index (χ3v) is 4.99. The summed E-state index contributed by atoms with van der Waals surface area (Å²) in [4.78, 5) is 23.7. The van der Waals surface area contributed by atoms with Gasteiger partial charge >= 0.3 is 6.18 Å². The van der Waals surface area contributed by atoms with Gasteiger partial charge in [-0.25, -0.2) is 4.98 Å². The lowest BCUT2D eigenvalue weighted by atomic mass is 10.0. The van der Waals surface area contributed by atoms with E-state index in [1.807, 2.05) is 30.5 Å². The van der Waals surface area contributed by atoms with Gasteiger partial charge in [-0.15, -0.1) is 0 Å². The molecule has 2 aromatic heterocycles. The third-order valence-electron chi connectivity index (χ3n) is 4.99. The summed E-state index contributed by atoms with van der Waals surface area (Å²) in [5.41, 5.74) is 2.65. The minimum Gasteiger partial charge on any atom is -0.467 e. The summed E-state index contributed by atoms with van der Waals surface area (Å²) in [6.45, 7) is 0.326. The van der Waals surface area contributed by atoms with E-state index in [9.17, 15) is 18.0 Å². The number of aromatic amines is 1. The van der Waals surface area contributed by atoms with Crippen molar-refractivity contribution >= 4 is 16.8 Å². The number of carbonyl (C=O) groups is 1. The molecule has 29 heavy (non-hydrogen) atoms. The smallest absolute Gasteiger partial charge is 0.422 e. The molecule has 2 N–H and O–H groups in total. The number of benzene rings is 1. The molecule has 1 aliphatic rings. The Morgan fingerprint density at radius 2 is 2.14 bits per heavy atom. The van der Waals surface area contributed by atoms with Gasteiger partial charge in [-0.2, -0.15) is 13.2 Å². The Hall–Kier alpha value is -3.10. The number of H-pyrrole nitrogens is 1. The highest BCUT2D eigenvalue weighted by Gasteiger charge is 2.45. The summed E-state index contributed by atoms with van der Waals surface area (Å²) < 4.78 is 41.1. The van der Waals surface area contributed by atoms with Crippen LogP contribution in [0.5, 0.6) is 5.88 Å². The van der Waals surface area contributed by atoms with E-state index >= 15 is 0 Å². The first-order valence-electron chi connectivity index (χ1n) is 9.19. The first-order chi connectivity index (χ1) is 13.8. The van der Waals surface area contributed by atoms with E-state index < -0.39 is 18.8 Å². The molecule has 3 atom stereocenters. The molecule has 1 aliphatic carbocycles. The summed E-state index contributed by atoms with van der Waals surface area (Å²) in [6.07, 6.45) is 0.651. The molecule has 1 unspecified atom stereocenters. The van der Waals surface area contributed by atoms with E-state index in [-0.39, 0.29) is 23.6 Å². The van der Waals surface area contributed by atoms with E-state index in [4.69, 9.17) is 0 Å². The Morgan fingerprint density at radius 3 is 2.86 bits per heavy atom. The van der Waals surface area contributed by atoms with Crippen molar-refractivity contribution in [3.63, 3.8) is 0 Å². The highest BCUT2D eigenvalue weighted by atomic mass is 19.4. The molecule has 9 heteroatoms. The Balaban J connectivity index is 1.35. The van der Waals surface area contributed by atoms with Crippen LogP contribution in [0.2, 0.25) is 0 Å². The second-order valence-corrected chi connectivity index (χ2v) is 7.15. The van der Waals surface area contributed by atoms with Crippen molar-refractivity contribution < 1.29 is 22.7 Å². The SMILES string of the molecule is CC(NC(=O)[C@@H]1C[C@H]1c1cccc2[nH]ccc12)c1cnc(OCC(F)(F)F)cn1. The molecule has 0 bridgehead atoms. The number of amides is 1. The van der Waals surface area contributed by atoms with Crippen molar-refractivity contribution in [1.82, 2.24) is 20.3 Å². The molecular formula is C20H19F3N4O2. The first-order valence-corrected chi connectivity index (χ1v) is 9.19. The number of fused-ring (bicyclic) bond motifs is 1. The van der Waals surface area contributed by atoms with Gasteiger partial charge in [0.05, 0.1) is 24.1 Å². The number of hydrogen-bond donors (Lipinski definition) is 2. The highest BCUT2D eigenvalue weighted by molar-refractivity contribution is 5.88. The third kappa shape index (κ3) is 4.33. The summed E-state index contributed by atoms with van der Waals surface area (Å²) in [6, 6.07) is 7.61. The molecule has 152 valence electrons. The van der Waals surface area contributed by atoms with Crippen LogP contribution in [0, 0.1) is 5.92 Å². The Morgan fingerprint density at radius 1 is 1.31 bits per heavy atom. The summed E-state index contributed by atoms with van der Waals surface area (Å²) >= 11 is 0. The van der Waals surface area contributed by atoms with Gasteiger partial charge in [0.25, 0.3) is 0 Å². The fraction of sp³-hybridized carbons (Fsp3) is 0.350. The molecule has 2 heterocycles. The Bertz CT molecular complexity index is 1020. The molecule has 6 nitrogen and oxygen atoms in total. The van der Waals surface area contributed by atoms with E-state index in [0.29, 0.717) is 5.69 Å². The normalized spacial score (nSPS) is 19.7. The van der Waals surface area contributed by atoms with Crippen molar-refractivity contribution in [3.05, 3.63) is 54.1 Å². The largest absolute Gasteiger partial charge is 0.467 e. The second kappa shape index (κ2) is 7.38. The quantitative estimate of drug-likeness (QED) is 0.654. The Labute approximate surface area is 164 Å². The van der Waals surface area contributed by atoms with Gasteiger partial charge in [0, 0.05) is 23.0 Å². The zero-order chi connectivity index (χ0) is 20.6. The van der Waals surface area contributed by atoms with Crippen molar-refractivity contribution in [2.45, 2.75) is 31.5 Å². The summed E-state index contributed by atoms with van der Waals surface area (Å²) in [7, 11) is 0. The van der Waals surface area contributed by atoms with Crippen LogP contribution in [-0.2, 0) is 4.79 Å². The molecule has 3 aromatic rings. The molecule has 1 fully saturated rings. The standard InChI is InChI=1S/C20H19F3N4O2/c1-11(17-8-26-18(9-25-17)29-10-20(21,22)23)27-19(28)15-7-14(15)12-3-2-4-16-13(12)5-6-24-16/h2-6,8-9,11,14-15,24H,7,10H2,1H3,(H,27,28)/t11?,14-,15+/m0/s1. The number of nitrogens with zero attached hydrogens (tertiary/aromatic N) is 2. The predicted molar refractivity (Wildman–Crippen MR) is 99.3 cm³/mol. The van der Waals surface area contributed by atoms with Gasteiger partial charge in [0.1, 0.15) is 0 Å². The van der Waals surface area contributed by atoms with Crippen LogP contribution in [0.3, 0.4) is 0 Å². The molecule has 0 spiro atoms. The lowest BCUT2D eigenvalue weighted by Gasteiger charge is -2.14. The average Bonchev–Trinajstić information content (AvgIpc) is 3.34. The van der Waals surface area contributed by atoms with Crippen molar-refractivity contribution in [2.24, 2.45) is 5.92 Å². The van der Waals surface area contributed by atoms with Crippen LogP contribution in [-0.4, -0.2) is 33.6 Å². The number of halogens is 3. The zero-order valence-electron chi connectivity index (χ0n) is 15.5. The Kier molecular flexibility index (Phi) is 4.89. The van der Waals surface area contributed by atoms with E-state index in [2.05, 4.69) is 25.0 Å². The fourth-order valence-electron chi connectivity index (χ4n) is 3.44. The number of nitrogens with one attached hydrogen (secondary N) is 2. The van der Waals surface area contributed by atoms with Crippen LogP contribution >= 0.6 is 0 Å². The average molecular weight is 404 g/mol. The van der Waals surface area contributed by atoms with Crippen molar-refractivity contribution in [2.75, 3.05) is 6.61 Å². The molecule has 0 aliphatic heterocycles. The van der Waals surface area contributed by atoms with Gasteiger partial charge in [0.2, 0.25) is 11.8 Å². The van der Waals surface area contributed by atoms with Crippen LogP contribution in [0.15, 0.2) is 42.9 Å². The number of ether oxygens (including phenoxy) is 1. The highest BCUT2D eigenvalue weighted by Crippen LogP contribution is 2.49. The number of hydrogen-bond acceptors (Lipinski definition) is 4. The van der Waals surface area contributed by atoms with E-state index in [1.54, 1.807) is 6.92 Å². The molecule has 1 aromatic carbocycles. The topological polar surface area (TPSA) is 79.9 Å². The van der Waals surface area contributed by atoms with Crippen LogP contribution < -0.4 is 10.1 Å². The lowest BCUT2D eigenvalue weighted by molar-refractivity contribution is -0.154. The molecule has 0 radical (unpaired) electrons. The summed E-state index contributed by atoms with van der Waals surface area (Å²) in [5.74, 6) is -0.230. The number of alkyl halides is 3. The molecule has 1 saturated carbocycles. The molecule has 0 saturated heterocycles. The maximum atomic E-state index is 12.6. The van der Waals surface area contributed by atoms with Crippen molar-refractivity contribution in [3.8, 4) is 5.88 Å². The predicted octanol–water partition coefficient (Wildman–Crippen LogP) is 3.88. The lowest BCUT2D eigenvalue weighted by Crippen LogP contribution is -2.29. The second-order valence-electron chi connectivity index (χ2n) is 7.15. The van der Waals surface area contributed by atoms with Gasteiger partial charge < -0.3 is 15.0 Å². The van der Waals surface area contributed by atoms with Gasteiger partial charge in [-0.1, -0.05) is 12.1 Å². The molecule has 1 amide bonds.